The Balaban J connectivity index is 1.65. The van der Waals surface area contributed by atoms with Crippen LogP contribution in [0.4, 0.5) is 4.39 Å². The number of carbonyl (C=O) groups excluding carboxylic acids is 1. The number of benzene rings is 1. The second-order valence-corrected chi connectivity index (χ2v) is 6.08. The Morgan fingerprint density at radius 1 is 1.43 bits per heavy atom. The maximum Gasteiger partial charge on any atom is 0.216 e. The average molecular weight is 398 g/mol. The van der Waals surface area contributed by atoms with E-state index in [9.17, 15) is 9.18 Å². The monoisotopic (exact) mass is 397 g/mol. The molecule has 0 aliphatic carbocycles. The van der Waals surface area contributed by atoms with Crippen molar-refractivity contribution < 1.29 is 18.3 Å². The molecule has 23 heavy (non-hydrogen) atoms. The maximum atomic E-state index is 13.4. The van der Waals surface area contributed by atoms with E-state index < -0.39 is 5.82 Å². The van der Waals surface area contributed by atoms with Crippen molar-refractivity contribution in [3.05, 3.63) is 52.2 Å². The summed E-state index contributed by atoms with van der Waals surface area (Å²) < 4.78 is 24.7. The molecule has 1 aromatic carbocycles. The minimum absolute atomic E-state index is 0.0490. The number of rotatable bonds is 6. The van der Waals surface area contributed by atoms with E-state index in [4.69, 9.17) is 9.15 Å². The molecule has 2 aromatic heterocycles. The van der Waals surface area contributed by atoms with Gasteiger partial charge in [0.1, 0.15) is 6.61 Å². The van der Waals surface area contributed by atoms with Gasteiger partial charge in [-0.2, -0.15) is 0 Å². The first-order valence-corrected chi connectivity index (χ1v) is 7.97. The lowest BCUT2D eigenvalue weighted by Crippen LogP contribution is -1.99. The zero-order chi connectivity index (χ0) is 16.2. The first-order chi connectivity index (χ1) is 11.2. The molecule has 0 unspecified atom stereocenters. The van der Waals surface area contributed by atoms with Gasteiger partial charge >= 0.3 is 0 Å². The van der Waals surface area contributed by atoms with Crippen molar-refractivity contribution in [2.45, 2.75) is 16.9 Å². The number of hydrogen-bond acceptors (Lipinski definition) is 6. The van der Waals surface area contributed by atoms with Crippen LogP contribution in [0.5, 0.6) is 5.75 Å². The molecule has 0 saturated carbocycles. The van der Waals surface area contributed by atoms with Crippen molar-refractivity contribution in [2.24, 2.45) is 0 Å². The quantitative estimate of drug-likeness (QED) is 0.636. The van der Waals surface area contributed by atoms with Crippen LogP contribution >= 0.6 is 27.7 Å². The number of furan rings is 1. The fourth-order valence-corrected chi connectivity index (χ4v) is 2.93. The fraction of sp³-hybridized carbons (Fsp3) is 0.0714. The molecule has 2 heterocycles. The van der Waals surface area contributed by atoms with Crippen molar-refractivity contribution in [3.8, 4) is 5.75 Å². The van der Waals surface area contributed by atoms with Crippen LogP contribution in [0.2, 0.25) is 0 Å². The van der Waals surface area contributed by atoms with Gasteiger partial charge in [0.15, 0.2) is 34.5 Å². The summed E-state index contributed by atoms with van der Waals surface area (Å²) in [6.07, 6.45) is 0.612. The van der Waals surface area contributed by atoms with Crippen molar-refractivity contribution >= 4 is 34.0 Å². The second kappa shape index (κ2) is 6.97. The van der Waals surface area contributed by atoms with Crippen LogP contribution in [0.1, 0.15) is 16.4 Å². The first kappa shape index (κ1) is 15.8. The Hall–Kier alpha value is -2.13. The van der Waals surface area contributed by atoms with E-state index in [1.807, 2.05) is 0 Å². The summed E-state index contributed by atoms with van der Waals surface area (Å²) in [5, 5.41) is 7.57. The van der Waals surface area contributed by atoms with Crippen LogP contribution < -0.4 is 4.74 Å². The number of halogens is 2. The summed E-state index contributed by atoms with van der Waals surface area (Å²) >= 11 is 4.43. The van der Waals surface area contributed by atoms with E-state index in [-0.39, 0.29) is 18.1 Å². The van der Waals surface area contributed by atoms with Gasteiger partial charge in [0.25, 0.3) is 0 Å². The zero-order valence-corrected chi connectivity index (χ0v) is 13.9. The summed E-state index contributed by atoms with van der Waals surface area (Å²) in [6, 6.07) is 7.67. The molecule has 0 saturated heterocycles. The molecule has 0 aliphatic heterocycles. The number of aromatic amines is 1. The summed E-state index contributed by atoms with van der Waals surface area (Å²) in [5.41, 5.74) is 0. The number of aromatic nitrogens is 3. The SMILES string of the molecule is O=Cc1cc(Br)c(Sc2n[nH]c(COc3ccccc3F)n2)o1. The highest BCUT2D eigenvalue weighted by Gasteiger charge is 2.14. The predicted octanol–water partition coefficient (Wildman–Crippen LogP) is 3.84. The molecular weight excluding hydrogens is 389 g/mol. The molecular formula is C14H9BrFN3O3S. The van der Waals surface area contributed by atoms with E-state index in [0.29, 0.717) is 26.8 Å². The summed E-state index contributed by atoms with van der Waals surface area (Å²) in [4.78, 5) is 14.9. The van der Waals surface area contributed by atoms with Crippen molar-refractivity contribution in [1.82, 2.24) is 15.2 Å². The third-order valence-electron chi connectivity index (χ3n) is 2.69. The van der Waals surface area contributed by atoms with Crippen molar-refractivity contribution in [3.63, 3.8) is 0 Å². The van der Waals surface area contributed by atoms with Gasteiger partial charge < -0.3 is 9.15 Å². The number of carbonyl (C=O) groups is 1. The lowest BCUT2D eigenvalue weighted by atomic mass is 10.3. The Bertz CT molecular complexity index is 836. The summed E-state index contributed by atoms with van der Waals surface area (Å²) in [6.45, 7) is 0.0490. The van der Waals surface area contributed by atoms with Gasteiger partial charge in [0, 0.05) is 6.07 Å². The Kier molecular flexibility index (Phi) is 4.77. The molecule has 0 bridgehead atoms. The molecule has 118 valence electrons. The highest BCUT2D eigenvalue weighted by Crippen LogP contribution is 2.33. The standard InChI is InChI=1S/C14H9BrFN3O3S/c15-9-5-8(6-20)22-13(9)23-14-17-12(18-19-14)7-21-11-4-2-1-3-10(11)16/h1-6H,7H2,(H,17,18,19). The molecule has 0 atom stereocenters. The highest BCUT2D eigenvalue weighted by atomic mass is 79.9. The smallest absolute Gasteiger partial charge is 0.216 e. The Morgan fingerprint density at radius 3 is 3.00 bits per heavy atom. The van der Waals surface area contributed by atoms with Gasteiger partial charge in [-0.15, -0.1) is 5.10 Å². The minimum Gasteiger partial charge on any atom is -0.483 e. The van der Waals surface area contributed by atoms with E-state index in [1.54, 1.807) is 18.2 Å². The second-order valence-electron chi connectivity index (χ2n) is 4.29. The lowest BCUT2D eigenvalue weighted by molar-refractivity contribution is 0.109. The van der Waals surface area contributed by atoms with E-state index in [1.165, 1.54) is 12.1 Å². The molecule has 0 spiro atoms. The Labute approximate surface area is 142 Å². The molecule has 0 amide bonds. The number of nitrogens with zero attached hydrogens (tertiary/aromatic N) is 2. The first-order valence-electron chi connectivity index (χ1n) is 6.36. The number of H-pyrrole nitrogens is 1. The number of aldehydes is 1. The minimum atomic E-state index is -0.442. The van der Waals surface area contributed by atoms with Crippen LogP contribution in [0.3, 0.4) is 0 Å². The van der Waals surface area contributed by atoms with Gasteiger partial charge in [-0.1, -0.05) is 12.1 Å². The third kappa shape index (κ3) is 3.80. The largest absolute Gasteiger partial charge is 0.483 e. The van der Waals surface area contributed by atoms with Crippen molar-refractivity contribution in [2.75, 3.05) is 0 Å². The number of hydrogen-bond donors (Lipinski definition) is 1. The highest BCUT2D eigenvalue weighted by molar-refractivity contribution is 9.10. The average Bonchev–Trinajstić information content (AvgIpc) is 3.14. The van der Waals surface area contributed by atoms with Gasteiger partial charge in [0.2, 0.25) is 5.16 Å². The van der Waals surface area contributed by atoms with Gasteiger partial charge in [0.05, 0.1) is 4.47 Å². The zero-order valence-electron chi connectivity index (χ0n) is 11.5. The topological polar surface area (TPSA) is 81.0 Å². The predicted molar refractivity (Wildman–Crippen MR) is 83.0 cm³/mol. The Morgan fingerprint density at radius 2 is 2.26 bits per heavy atom. The molecule has 3 rings (SSSR count). The van der Waals surface area contributed by atoms with Gasteiger partial charge in [-0.05, 0) is 39.8 Å². The van der Waals surface area contributed by atoms with Crippen LogP contribution in [0.25, 0.3) is 0 Å². The van der Waals surface area contributed by atoms with E-state index in [0.717, 1.165) is 11.8 Å². The molecule has 3 aromatic rings. The van der Waals surface area contributed by atoms with Crippen LogP contribution in [-0.2, 0) is 6.61 Å². The molecule has 6 nitrogen and oxygen atoms in total. The molecule has 0 aliphatic rings. The molecule has 0 radical (unpaired) electrons. The number of ether oxygens (including phenoxy) is 1. The van der Waals surface area contributed by atoms with E-state index >= 15 is 0 Å². The fourth-order valence-electron chi connectivity index (χ4n) is 1.68. The van der Waals surface area contributed by atoms with E-state index in [2.05, 4.69) is 31.1 Å². The molecule has 9 heteroatoms. The van der Waals surface area contributed by atoms with Crippen molar-refractivity contribution in [1.29, 1.82) is 0 Å². The maximum absolute atomic E-state index is 13.4. The van der Waals surface area contributed by atoms with Crippen LogP contribution in [0.15, 0.2) is 49.5 Å². The van der Waals surface area contributed by atoms with Gasteiger partial charge in [-0.25, -0.2) is 9.37 Å². The molecule has 1 N–H and O–H groups in total. The van der Waals surface area contributed by atoms with Crippen LogP contribution in [-0.4, -0.2) is 21.5 Å². The molecule has 0 fully saturated rings. The number of nitrogens with one attached hydrogen (secondary N) is 1. The summed E-state index contributed by atoms with van der Waals surface area (Å²) in [7, 11) is 0. The normalized spacial score (nSPS) is 10.7. The third-order valence-corrected chi connectivity index (χ3v) is 4.39. The van der Waals surface area contributed by atoms with Crippen LogP contribution in [0, 0.1) is 5.82 Å². The number of para-hydroxylation sites is 1. The summed E-state index contributed by atoms with van der Waals surface area (Å²) in [5.74, 6) is 0.345. The lowest BCUT2D eigenvalue weighted by Gasteiger charge is -2.03. The van der Waals surface area contributed by atoms with Gasteiger partial charge in [-0.3, -0.25) is 9.89 Å².